The maximum absolute atomic E-state index is 13.1. The van der Waals surface area contributed by atoms with E-state index in [2.05, 4.69) is 4.98 Å². The number of nitrogens with two attached hydrogens (primary N) is 1. The Morgan fingerprint density at radius 1 is 1.31 bits per heavy atom. The molecule has 1 aromatic carbocycles. The number of hydrogen-bond acceptors (Lipinski definition) is 6. The molecule has 1 aliphatic rings. The molecule has 26 heavy (non-hydrogen) atoms. The van der Waals surface area contributed by atoms with Crippen LogP contribution in [-0.4, -0.2) is 29.5 Å². The maximum atomic E-state index is 13.1. The predicted molar refractivity (Wildman–Crippen MR) is 96.7 cm³/mol. The predicted octanol–water partition coefficient (Wildman–Crippen LogP) is 2.47. The summed E-state index contributed by atoms with van der Waals surface area (Å²) in [4.78, 5) is 31.0. The van der Waals surface area contributed by atoms with E-state index in [0.717, 1.165) is 0 Å². The van der Waals surface area contributed by atoms with Crippen LogP contribution in [0, 0.1) is 0 Å². The van der Waals surface area contributed by atoms with Crippen molar-refractivity contribution in [3.8, 4) is 5.75 Å². The van der Waals surface area contributed by atoms with E-state index in [1.165, 1.54) is 4.90 Å². The monoisotopic (exact) mass is 355 g/mol. The number of fused-ring (bicyclic) bond motifs is 1. The highest BCUT2D eigenvalue weighted by molar-refractivity contribution is 6.04. The van der Waals surface area contributed by atoms with Crippen molar-refractivity contribution < 1.29 is 19.1 Å². The number of nitrogen functional groups attached to an aromatic ring is 1. The quantitative estimate of drug-likeness (QED) is 0.828. The molecule has 0 radical (unpaired) electrons. The van der Waals surface area contributed by atoms with Crippen LogP contribution in [0.1, 0.15) is 31.9 Å². The molecular formula is C19H21N3O4. The summed E-state index contributed by atoms with van der Waals surface area (Å²) < 4.78 is 11.1. The summed E-state index contributed by atoms with van der Waals surface area (Å²) in [5, 5.41) is 0. The Balaban J connectivity index is 2.01. The first-order chi connectivity index (χ1) is 12.5. The smallest absolute Gasteiger partial charge is 0.329 e. The van der Waals surface area contributed by atoms with Crippen molar-refractivity contribution in [2.75, 3.05) is 17.2 Å². The number of hydrogen-bond donors (Lipinski definition) is 1. The Bertz CT molecular complexity index is 810. The van der Waals surface area contributed by atoms with Crippen LogP contribution in [0.15, 0.2) is 42.5 Å². The summed E-state index contributed by atoms with van der Waals surface area (Å²) in [6.07, 6.45) is -0.167. The van der Waals surface area contributed by atoms with Crippen molar-refractivity contribution >= 4 is 23.5 Å². The molecule has 136 valence electrons. The molecule has 7 nitrogen and oxygen atoms in total. The first-order valence-corrected chi connectivity index (χ1v) is 8.50. The third-order valence-electron chi connectivity index (χ3n) is 4.07. The van der Waals surface area contributed by atoms with Crippen molar-refractivity contribution in [1.29, 1.82) is 0 Å². The van der Waals surface area contributed by atoms with Gasteiger partial charge in [-0.3, -0.25) is 9.69 Å². The standard InChI is InChI=1S/C19H21N3O4/c1-3-11-25-19(24)12(2)22-17-14(9-10-15(20)21-17)26-16(18(22)23)13-7-5-4-6-8-13/h4-10,12,16H,3,11H2,1-2H3,(H2,20,21). The van der Waals surface area contributed by atoms with Gasteiger partial charge in [-0.1, -0.05) is 37.3 Å². The fourth-order valence-electron chi connectivity index (χ4n) is 2.76. The second-order valence-electron chi connectivity index (χ2n) is 6.02. The van der Waals surface area contributed by atoms with Gasteiger partial charge in [0.05, 0.1) is 6.61 Å². The molecule has 0 saturated heterocycles. The van der Waals surface area contributed by atoms with E-state index in [0.29, 0.717) is 24.3 Å². The Kier molecular flexibility index (Phi) is 5.06. The number of benzene rings is 1. The van der Waals surface area contributed by atoms with E-state index in [1.807, 2.05) is 25.1 Å². The number of carbonyl (C=O) groups excluding carboxylic acids is 2. The summed E-state index contributed by atoms with van der Waals surface area (Å²) in [5.41, 5.74) is 6.46. The van der Waals surface area contributed by atoms with Gasteiger partial charge in [0.2, 0.25) is 6.10 Å². The molecule has 2 atom stereocenters. The van der Waals surface area contributed by atoms with Crippen LogP contribution in [-0.2, 0) is 14.3 Å². The number of nitrogens with zero attached hydrogens (tertiary/aromatic N) is 2. The summed E-state index contributed by atoms with van der Waals surface area (Å²) in [6, 6.07) is 11.5. The Labute approximate surface area is 151 Å². The third-order valence-corrected chi connectivity index (χ3v) is 4.07. The fraction of sp³-hybridized carbons (Fsp3) is 0.316. The lowest BCUT2D eigenvalue weighted by Crippen LogP contribution is -2.50. The van der Waals surface area contributed by atoms with Crippen molar-refractivity contribution in [3.05, 3.63) is 48.0 Å². The zero-order valence-electron chi connectivity index (χ0n) is 14.7. The third kappa shape index (κ3) is 3.33. The fourth-order valence-corrected chi connectivity index (χ4v) is 2.76. The average Bonchev–Trinajstić information content (AvgIpc) is 2.66. The van der Waals surface area contributed by atoms with E-state index in [4.69, 9.17) is 15.2 Å². The van der Waals surface area contributed by atoms with Gasteiger partial charge in [-0.2, -0.15) is 0 Å². The highest BCUT2D eigenvalue weighted by atomic mass is 16.5. The lowest BCUT2D eigenvalue weighted by molar-refractivity contribution is -0.146. The zero-order valence-corrected chi connectivity index (χ0v) is 14.7. The van der Waals surface area contributed by atoms with Crippen LogP contribution in [0.25, 0.3) is 0 Å². The second-order valence-corrected chi connectivity index (χ2v) is 6.02. The number of pyridine rings is 1. The summed E-state index contributed by atoms with van der Waals surface area (Å²) in [6.45, 7) is 3.81. The Hall–Kier alpha value is -3.09. The van der Waals surface area contributed by atoms with Gasteiger partial charge in [0.15, 0.2) is 11.6 Å². The van der Waals surface area contributed by atoms with E-state index in [9.17, 15) is 9.59 Å². The lowest BCUT2D eigenvalue weighted by Gasteiger charge is -2.36. The molecule has 1 aromatic heterocycles. The molecule has 2 aromatic rings. The van der Waals surface area contributed by atoms with Gasteiger partial charge in [-0.15, -0.1) is 0 Å². The lowest BCUT2D eigenvalue weighted by atomic mass is 10.1. The average molecular weight is 355 g/mol. The van der Waals surface area contributed by atoms with E-state index >= 15 is 0 Å². The molecule has 7 heteroatoms. The van der Waals surface area contributed by atoms with Crippen LogP contribution in [0.4, 0.5) is 11.6 Å². The van der Waals surface area contributed by atoms with Crippen molar-refractivity contribution in [3.63, 3.8) is 0 Å². The molecule has 0 spiro atoms. The molecule has 0 saturated carbocycles. The van der Waals surface area contributed by atoms with E-state index in [-0.39, 0.29) is 17.5 Å². The number of amides is 1. The largest absolute Gasteiger partial charge is 0.472 e. The molecule has 2 N–H and O–H groups in total. The maximum Gasteiger partial charge on any atom is 0.329 e. The van der Waals surface area contributed by atoms with E-state index < -0.39 is 18.1 Å². The Morgan fingerprint density at radius 2 is 2.04 bits per heavy atom. The van der Waals surface area contributed by atoms with Gasteiger partial charge in [-0.05, 0) is 25.5 Å². The van der Waals surface area contributed by atoms with Gasteiger partial charge < -0.3 is 15.2 Å². The highest BCUT2D eigenvalue weighted by Gasteiger charge is 2.41. The topological polar surface area (TPSA) is 94.8 Å². The number of esters is 1. The molecular weight excluding hydrogens is 334 g/mol. The van der Waals surface area contributed by atoms with E-state index in [1.54, 1.807) is 31.2 Å². The van der Waals surface area contributed by atoms with Crippen LogP contribution in [0.3, 0.4) is 0 Å². The van der Waals surface area contributed by atoms with Crippen molar-refractivity contribution in [1.82, 2.24) is 4.98 Å². The Morgan fingerprint density at radius 3 is 2.73 bits per heavy atom. The van der Waals surface area contributed by atoms with Crippen LogP contribution in [0.5, 0.6) is 5.75 Å². The zero-order chi connectivity index (χ0) is 18.7. The number of anilines is 2. The minimum Gasteiger partial charge on any atom is -0.472 e. The van der Waals surface area contributed by atoms with Crippen LogP contribution in [0.2, 0.25) is 0 Å². The van der Waals surface area contributed by atoms with Crippen molar-refractivity contribution in [2.45, 2.75) is 32.4 Å². The number of ether oxygens (including phenoxy) is 2. The van der Waals surface area contributed by atoms with Gasteiger partial charge in [0, 0.05) is 5.56 Å². The number of aromatic nitrogens is 1. The molecule has 1 aliphatic heterocycles. The van der Waals surface area contributed by atoms with Gasteiger partial charge >= 0.3 is 5.97 Å². The van der Waals surface area contributed by atoms with Crippen LogP contribution < -0.4 is 15.4 Å². The SMILES string of the molecule is CCCOC(=O)C(C)N1C(=O)C(c2ccccc2)Oc2ccc(N)nc21. The van der Waals surface area contributed by atoms with Gasteiger partial charge in [-0.25, -0.2) is 9.78 Å². The molecule has 3 rings (SSSR count). The molecule has 1 amide bonds. The van der Waals surface area contributed by atoms with Gasteiger partial charge in [0.25, 0.3) is 5.91 Å². The molecule has 2 unspecified atom stereocenters. The number of carbonyl (C=O) groups is 2. The second kappa shape index (κ2) is 7.43. The summed E-state index contributed by atoms with van der Waals surface area (Å²) in [5.74, 6) is -0.0322. The molecule has 0 fully saturated rings. The normalized spacial score (nSPS) is 17.2. The molecule has 2 heterocycles. The summed E-state index contributed by atoms with van der Waals surface area (Å²) >= 11 is 0. The minimum absolute atomic E-state index is 0.225. The minimum atomic E-state index is -0.865. The number of rotatable bonds is 5. The van der Waals surface area contributed by atoms with Crippen molar-refractivity contribution in [2.24, 2.45) is 0 Å². The van der Waals surface area contributed by atoms with Crippen LogP contribution >= 0.6 is 0 Å². The summed E-state index contributed by atoms with van der Waals surface area (Å²) in [7, 11) is 0. The first-order valence-electron chi connectivity index (χ1n) is 8.50. The first kappa shape index (κ1) is 17.7. The van der Waals surface area contributed by atoms with Gasteiger partial charge in [0.1, 0.15) is 11.9 Å². The molecule has 0 aliphatic carbocycles. The highest BCUT2D eigenvalue weighted by Crippen LogP contribution is 2.39. The molecule has 0 bridgehead atoms.